The lowest BCUT2D eigenvalue weighted by atomic mass is 9.98. The molecular formula is C20H12N2O2. The van der Waals surface area contributed by atoms with Gasteiger partial charge in [0.15, 0.2) is 11.7 Å². The van der Waals surface area contributed by atoms with E-state index in [0.29, 0.717) is 11.3 Å². The van der Waals surface area contributed by atoms with Crippen LogP contribution in [0.3, 0.4) is 0 Å². The second kappa shape index (κ2) is 5.64. The summed E-state index contributed by atoms with van der Waals surface area (Å²) in [6.45, 7) is 0. The molecule has 4 rings (SSSR count). The Morgan fingerprint density at radius 2 is 1.75 bits per heavy atom. The lowest BCUT2D eigenvalue weighted by molar-refractivity contribution is 0.0953. The monoisotopic (exact) mass is 312 g/mol. The average molecular weight is 312 g/mol. The highest BCUT2D eigenvalue weighted by atomic mass is 16.3. The van der Waals surface area contributed by atoms with Crippen LogP contribution in [0.25, 0.3) is 21.9 Å². The van der Waals surface area contributed by atoms with Gasteiger partial charge in [0.2, 0.25) is 5.78 Å². The Hall–Kier alpha value is -3.45. The van der Waals surface area contributed by atoms with E-state index in [1.54, 1.807) is 18.2 Å². The Labute approximate surface area is 138 Å². The SMILES string of the molecule is N#C[C@@H](C(=O)c1cc2ccccc2o1)c1ccc2ccccc2n1. The van der Waals surface area contributed by atoms with Crippen molar-refractivity contribution in [1.29, 1.82) is 5.26 Å². The van der Waals surface area contributed by atoms with Crippen LogP contribution in [0.5, 0.6) is 0 Å². The molecule has 4 nitrogen and oxygen atoms in total. The van der Waals surface area contributed by atoms with E-state index in [0.717, 1.165) is 16.3 Å². The molecule has 0 radical (unpaired) electrons. The standard InChI is InChI=1S/C20H12N2O2/c21-12-15(17-10-9-13-5-1-3-7-16(13)22-17)20(23)19-11-14-6-2-4-8-18(14)24-19/h1-11,15H/t15-/m1/s1. The molecule has 0 bridgehead atoms. The van der Waals surface area contributed by atoms with Crippen LogP contribution >= 0.6 is 0 Å². The molecule has 0 aliphatic heterocycles. The summed E-state index contributed by atoms with van der Waals surface area (Å²) in [4.78, 5) is 17.2. The van der Waals surface area contributed by atoms with Gasteiger partial charge in [-0.05, 0) is 24.3 Å². The van der Waals surface area contributed by atoms with Crippen molar-refractivity contribution in [3.8, 4) is 6.07 Å². The first-order chi connectivity index (χ1) is 11.8. The molecule has 2 aromatic heterocycles. The Morgan fingerprint density at radius 1 is 1.00 bits per heavy atom. The van der Waals surface area contributed by atoms with Crippen LogP contribution in [0.1, 0.15) is 22.2 Å². The number of rotatable bonds is 3. The summed E-state index contributed by atoms with van der Waals surface area (Å²) in [5, 5.41) is 11.3. The highest BCUT2D eigenvalue weighted by molar-refractivity contribution is 6.03. The minimum atomic E-state index is -0.991. The van der Waals surface area contributed by atoms with Crippen molar-refractivity contribution >= 4 is 27.7 Å². The van der Waals surface area contributed by atoms with Gasteiger partial charge in [-0.2, -0.15) is 5.26 Å². The number of ketones is 1. The molecule has 2 heterocycles. The predicted octanol–water partition coefficient (Wildman–Crippen LogP) is 4.47. The van der Waals surface area contributed by atoms with Gasteiger partial charge in [0, 0.05) is 10.8 Å². The largest absolute Gasteiger partial charge is 0.453 e. The molecule has 114 valence electrons. The molecule has 4 aromatic rings. The van der Waals surface area contributed by atoms with Gasteiger partial charge in [0.1, 0.15) is 5.58 Å². The molecule has 0 spiro atoms. The fourth-order valence-corrected chi connectivity index (χ4v) is 2.75. The number of nitrogens with zero attached hydrogens (tertiary/aromatic N) is 2. The number of hydrogen-bond donors (Lipinski definition) is 0. The minimum absolute atomic E-state index is 0.178. The first kappa shape index (κ1) is 14.2. The van der Waals surface area contributed by atoms with Crippen LogP contribution < -0.4 is 0 Å². The summed E-state index contributed by atoms with van der Waals surface area (Å²) in [6.07, 6.45) is 0. The number of benzene rings is 2. The maximum Gasteiger partial charge on any atom is 0.221 e. The Kier molecular flexibility index (Phi) is 3.33. The summed E-state index contributed by atoms with van der Waals surface area (Å²) in [7, 11) is 0. The first-order valence-corrected chi connectivity index (χ1v) is 7.54. The molecule has 4 heteroatoms. The third-order valence-corrected chi connectivity index (χ3v) is 3.98. The van der Waals surface area contributed by atoms with Crippen molar-refractivity contribution < 1.29 is 9.21 Å². The third kappa shape index (κ3) is 2.33. The molecule has 0 aliphatic carbocycles. The molecule has 0 fully saturated rings. The molecule has 24 heavy (non-hydrogen) atoms. The van der Waals surface area contributed by atoms with Gasteiger partial charge in [-0.3, -0.25) is 9.78 Å². The van der Waals surface area contributed by atoms with Crippen LogP contribution in [0, 0.1) is 11.3 Å². The van der Waals surface area contributed by atoms with E-state index in [1.807, 2.05) is 48.5 Å². The molecule has 1 atom stereocenters. The fourth-order valence-electron chi connectivity index (χ4n) is 2.75. The van der Waals surface area contributed by atoms with Crippen molar-refractivity contribution in [2.45, 2.75) is 5.92 Å². The van der Waals surface area contributed by atoms with E-state index in [4.69, 9.17) is 4.42 Å². The van der Waals surface area contributed by atoms with Crippen LogP contribution in [0.2, 0.25) is 0 Å². The number of nitriles is 1. The molecule has 0 N–H and O–H groups in total. The molecule has 0 saturated carbocycles. The van der Waals surface area contributed by atoms with E-state index in [1.165, 1.54) is 0 Å². The normalized spacial score (nSPS) is 12.1. The zero-order valence-corrected chi connectivity index (χ0v) is 12.6. The Morgan fingerprint density at radius 3 is 2.54 bits per heavy atom. The van der Waals surface area contributed by atoms with E-state index < -0.39 is 5.92 Å². The molecule has 0 amide bonds. The molecule has 0 saturated heterocycles. The summed E-state index contributed by atoms with van der Waals surface area (Å²) in [6, 6.07) is 22.3. The maximum atomic E-state index is 12.7. The smallest absolute Gasteiger partial charge is 0.221 e. The van der Waals surface area contributed by atoms with Crippen molar-refractivity contribution in [2.24, 2.45) is 0 Å². The summed E-state index contributed by atoms with van der Waals surface area (Å²) in [5.41, 5.74) is 1.82. The number of aromatic nitrogens is 1. The number of para-hydroxylation sites is 2. The first-order valence-electron chi connectivity index (χ1n) is 7.54. The van der Waals surface area contributed by atoms with Crippen LogP contribution in [-0.4, -0.2) is 10.8 Å². The van der Waals surface area contributed by atoms with Gasteiger partial charge in [-0.1, -0.05) is 42.5 Å². The van der Waals surface area contributed by atoms with E-state index in [2.05, 4.69) is 11.1 Å². The van der Waals surface area contributed by atoms with Crippen LogP contribution in [0.15, 0.2) is 71.1 Å². The van der Waals surface area contributed by atoms with Gasteiger partial charge in [0.25, 0.3) is 0 Å². The zero-order valence-electron chi connectivity index (χ0n) is 12.6. The lowest BCUT2D eigenvalue weighted by Crippen LogP contribution is -2.12. The summed E-state index contributed by atoms with van der Waals surface area (Å²) in [5.74, 6) is -1.19. The number of carbonyl (C=O) groups is 1. The van der Waals surface area contributed by atoms with Gasteiger partial charge < -0.3 is 4.42 Å². The second-order valence-corrected chi connectivity index (χ2v) is 5.50. The molecule has 0 unspecified atom stereocenters. The van der Waals surface area contributed by atoms with Gasteiger partial charge in [-0.15, -0.1) is 0 Å². The number of Topliss-reactive ketones (excluding diaryl/α,β-unsaturated/α-hetero) is 1. The number of hydrogen-bond acceptors (Lipinski definition) is 4. The summed E-state index contributed by atoms with van der Waals surface area (Å²) >= 11 is 0. The Balaban J connectivity index is 1.76. The van der Waals surface area contributed by atoms with Crippen LogP contribution in [-0.2, 0) is 0 Å². The van der Waals surface area contributed by atoms with E-state index in [-0.39, 0.29) is 11.5 Å². The van der Waals surface area contributed by atoms with Gasteiger partial charge in [-0.25, -0.2) is 0 Å². The third-order valence-electron chi connectivity index (χ3n) is 3.98. The topological polar surface area (TPSA) is 66.9 Å². The number of carbonyl (C=O) groups excluding carboxylic acids is 1. The second-order valence-electron chi connectivity index (χ2n) is 5.50. The summed E-state index contributed by atoms with van der Waals surface area (Å²) < 4.78 is 5.59. The molecular weight excluding hydrogens is 300 g/mol. The molecule has 2 aromatic carbocycles. The highest BCUT2D eigenvalue weighted by Crippen LogP contribution is 2.25. The van der Waals surface area contributed by atoms with Gasteiger partial charge >= 0.3 is 0 Å². The number of pyridine rings is 1. The minimum Gasteiger partial charge on any atom is -0.453 e. The van der Waals surface area contributed by atoms with Crippen molar-refractivity contribution in [1.82, 2.24) is 4.98 Å². The van der Waals surface area contributed by atoms with Crippen molar-refractivity contribution in [3.05, 3.63) is 78.2 Å². The number of fused-ring (bicyclic) bond motifs is 2. The average Bonchev–Trinajstić information content (AvgIpc) is 3.06. The van der Waals surface area contributed by atoms with E-state index >= 15 is 0 Å². The molecule has 0 aliphatic rings. The zero-order chi connectivity index (χ0) is 16.5. The van der Waals surface area contributed by atoms with Gasteiger partial charge in [0.05, 0.1) is 17.3 Å². The number of furan rings is 1. The predicted molar refractivity (Wildman–Crippen MR) is 90.6 cm³/mol. The fraction of sp³-hybridized carbons (Fsp3) is 0.0500. The van der Waals surface area contributed by atoms with Crippen molar-refractivity contribution in [2.75, 3.05) is 0 Å². The van der Waals surface area contributed by atoms with E-state index in [9.17, 15) is 10.1 Å². The quantitative estimate of drug-likeness (QED) is 0.523. The maximum absolute atomic E-state index is 12.7. The van der Waals surface area contributed by atoms with Crippen LogP contribution in [0.4, 0.5) is 0 Å². The lowest BCUT2D eigenvalue weighted by Gasteiger charge is -2.07. The Bertz CT molecular complexity index is 1070. The van der Waals surface area contributed by atoms with Crippen molar-refractivity contribution in [3.63, 3.8) is 0 Å². The highest BCUT2D eigenvalue weighted by Gasteiger charge is 2.26.